The summed E-state index contributed by atoms with van der Waals surface area (Å²) in [5, 5.41) is 15.4. The summed E-state index contributed by atoms with van der Waals surface area (Å²) < 4.78 is 5.70. The van der Waals surface area contributed by atoms with Crippen LogP contribution in [0.4, 0.5) is 0 Å². The van der Waals surface area contributed by atoms with Crippen LogP contribution in [0.5, 0.6) is 0 Å². The molecule has 1 unspecified atom stereocenters. The van der Waals surface area contributed by atoms with Gasteiger partial charge >= 0.3 is 0 Å². The normalized spacial score (nSPS) is 15.7. The minimum atomic E-state index is -1.06. The standard InChI is InChI=1S/C15H20ClNO2/c1-14(2,3)17-9-15(4,18)13-8-10-7-11(16)5-6-12(10)19-13/h5-8,17-18H,9H2,1-4H3. The van der Waals surface area contributed by atoms with E-state index < -0.39 is 5.60 Å². The monoisotopic (exact) mass is 281 g/mol. The molecule has 19 heavy (non-hydrogen) atoms. The van der Waals surface area contributed by atoms with Gasteiger partial charge in [0.1, 0.15) is 16.9 Å². The Hall–Kier alpha value is -1.03. The van der Waals surface area contributed by atoms with Crippen molar-refractivity contribution in [2.24, 2.45) is 0 Å². The van der Waals surface area contributed by atoms with Gasteiger partial charge in [-0.1, -0.05) is 11.6 Å². The van der Waals surface area contributed by atoms with Crippen molar-refractivity contribution in [3.8, 4) is 0 Å². The van der Waals surface area contributed by atoms with Crippen LogP contribution in [0.15, 0.2) is 28.7 Å². The quantitative estimate of drug-likeness (QED) is 0.902. The molecule has 0 aliphatic heterocycles. The fraction of sp³-hybridized carbons (Fsp3) is 0.467. The van der Waals surface area contributed by atoms with Crippen molar-refractivity contribution in [3.05, 3.63) is 35.0 Å². The van der Waals surface area contributed by atoms with Gasteiger partial charge in [0.15, 0.2) is 0 Å². The Kier molecular flexibility index (Phi) is 3.65. The second kappa shape index (κ2) is 4.82. The lowest BCUT2D eigenvalue weighted by Crippen LogP contribution is -2.44. The summed E-state index contributed by atoms with van der Waals surface area (Å²) in [7, 11) is 0. The molecule has 0 aliphatic carbocycles. The van der Waals surface area contributed by atoms with E-state index in [2.05, 4.69) is 26.1 Å². The highest BCUT2D eigenvalue weighted by atomic mass is 35.5. The Morgan fingerprint density at radius 1 is 1.21 bits per heavy atom. The van der Waals surface area contributed by atoms with Gasteiger partial charge in [0.05, 0.1) is 0 Å². The van der Waals surface area contributed by atoms with Gasteiger partial charge in [0.25, 0.3) is 0 Å². The number of halogens is 1. The number of hydrogen-bond acceptors (Lipinski definition) is 3. The van der Waals surface area contributed by atoms with Crippen LogP contribution in [0.25, 0.3) is 11.0 Å². The van der Waals surface area contributed by atoms with Crippen LogP contribution in [-0.2, 0) is 5.60 Å². The minimum absolute atomic E-state index is 0.0562. The summed E-state index contributed by atoms with van der Waals surface area (Å²) in [5.41, 5.74) is -0.381. The first-order valence-corrected chi connectivity index (χ1v) is 6.72. The van der Waals surface area contributed by atoms with Gasteiger partial charge in [-0.25, -0.2) is 0 Å². The van der Waals surface area contributed by atoms with Crippen molar-refractivity contribution in [3.63, 3.8) is 0 Å². The molecule has 0 amide bonds. The van der Waals surface area contributed by atoms with Crippen molar-refractivity contribution in [1.29, 1.82) is 0 Å². The third-order valence-electron chi connectivity index (χ3n) is 2.97. The van der Waals surface area contributed by atoms with E-state index in [1.54, 1.807) is 13.0 Å². The van der Waals surface area contributed by atoms with Crippen molar-refractivity contribution >= 4 is 22.6 Å². The van der Waals surface area contributed by atoms with E-state index in [4.69, 9.17) is 16.0 Å². The highest BCUT2D eigenvalue weighted by Crippen LogP contribution is 2.29. The molecule has 1 aromatic heterocycles. The lowest BCUT2D eigenvalue weighted by atomic mass is 10.0. The molecule has 0 radical (unpaired) electrons. The zero-order chi connectivity index (χ0) is 14.3. The van der Waals surface area contributed by atoms with E-state index in [-0.39, 0.29) is 5.54 Å². The maximum Gasteiger partial charge on any atom is 0.137 e. The second-order valence-electron chi connectivity index (χ2n) is 6.17. The van der Waals surface area contributed by atoms with Crippen LogP contribution < -0.4 is 5.32 Å². The zero-order valence-electron chi connectivity index (χ0n) is 11.7. The van der Waals surface area contributed by atoms with Crippen LogP contribution in [0, 0.1) is 0 Å². The molecule has 0 spiro atoms. The molecule has 0 saturated heterocycles. The van der Waals surface area contributed by atoms with Gasteiger partial charge in [-0.3, -0.25) is 0 Å². The van der Waals surface area contributed by atoms with Crippen molar-refractivity contribution < 1.29 is 9.52 Å². The third kappa shape index (κ3) is 3.50. The average Bonchev–Trinajstić information content (AvgIpc) is 2.69. The van der Waals surface area contributed by atoms with E-state index in [1.165, 1.54) is 0 Å². The number of β-amino-alcohol motifs (C(OH)–C–C–N with tert-alkyl or cyclic N) is 1. The minimum Gasteiger partial charge on any atom is -0.458 e. The number of hydrogen-bond donors (Lipinski definition) is 2. The van der Waals surface area contributed by atoms with Crippen LogP contribution in [0.3, 0.4) is 0 Å². The molecule has 2 rings (SSSR count). The number of rotatable bonds is 3. The topological polar surface area (TPSA) is 45.4 Å². The zero-order valence-corrected chi connectivity index (χ0v) is 12.5. The first-order valence-electron chi connectivity index (χ1n) is 6.34. The highest BCUT2D eigenvalue weighted by Gasteiger charge is 2.29. The predicted octanol–water partition coefficient (Wildman–Crippen LogP) is 3.68. The highest BCUT2D eigenvalue weighted by molar-refractivity contribution is 6.31. The summed E-state index contributed by atoms with van der Waals surface area (Å²) in [5.74, 6) is 0.543. The lowest BCUT2D eigenvalue weighted by molar-refractivity contribution is 0.0299. The number of nitrogens with one attached hydrogen (secondary N) is 1. The molecule has 0 bridgehead atoms. The number of aliphatic hydroxyl groups is 1. The van der Waals surface area contributed by atoms with Crippen LogP contribution in [-0.4, -0.2) is 17.2 Å². The first kappa shape index (κ1) is 14.4. The third-order valence-corrected chi connectivity index (χ3v) is 3.21. The molecule has 2 N–H and O–H groups in total. The summed E-state index contributed by atoms with van der Waals surface area (Å²) >= 11 is 5.95. The number of furan rings is 1. The van der Waals surface area contributed by atoms with Crippen LogP contribution in [0.2, 0.25) is 5.02 Å². The largest absolute Gasteiger partial charge is 0.458 e. The van der Waals surface area contributed by atoms with E-state index in [9.17, 15) is 5.11 Å². The average molecular weight is 282 g/mol. The van der Waals surface area contributed by atoms with E-state index >= 15 is 0 Å². The van der Waals surface area contributed by atoms with Crippen LogP contribution in [0.1, 0.15) is 33.5 Å². The smallest absolute Gasteiger partial charge is 0.137 e. The SMILES string of the molecule is CC(C)(C)NCC(C)(O)c1cc2cc(Cl)ccc2o1. The molecule has 1 heterocycles. The summed E-state index contributed by atoms with van der Waals surface area (Å²) in [4.78, 5) is 0. The molecule has 104 valence electrons. The Balaban J connectivity index is 2.27. The van der Waals surface area contributed by atoms with E-state index in [0.29, 0.717) is 17.3 Å². The van der Waals surface area contributed by atoms with Crippen LogP contribution >= 0.6 is 11.6 Å². The maximum atomic E-state index is 10.5. The van der Waals surface area contributed by atoms with Gasteiger partial charge < -0.3 is 14.8 Å². The van der Waals surface area contributed by atoms with Gasteiger partial charge in [0, 0.05) is 22.5 Å². The first-order chi connectivity index (χ1) is 8.67. The summed E-state index contributed by atoms with van der Waals surface area (Å²) in [6, 6.07) is 7.26. The predicted molar refractivity (Wildman–Crippen MR) is 78.6 cm³/mol. The molecule has 0 saturated carbocycles. The van der Waals surface area contributed by atoms with Gasteiger partial charge in [-0.15, -0.1) is 0 Å². The fourth-order valence-electron chi connectivity index (χ4n) is 1.80. The number of fused-ring (bicyclic) bond motifs is 1. The lowest BCUT2D eigenvalue weighted by Gasteiger charge is -2.27. The van der Waals surface area contributed by atoms with Gasteiger partial charge in [-0.05, 0) is 52.0 Å². The Labute approximate surface area is 118 Å². The van der Waals surface area contributed by atoms with Gasteiger partial charge in [0.2, 0.25) is 0 Å². The molecule has 2 aromatic rings. The molecule has 3 nitrogen and oxygen atoms in total. The molecule has 1 atom stereocenters. The Morgan fingerprint density at radius 2 is 1.89 bits per heavy atom. The molecule has 0 aliphatic rings. The second-order valence-corrected chi connectivity index (χ2v) is 6.61. The number of benzene rings is 1. The van der Waals surface area contributed by atoms with Gasteiger partial charge in [-0.2, -0.15) is 0 Å². The fourth-order valence-corrected chi connectivity index (χ4v) is 1.98. The molecular formula is C15H20ClNO2. The Bertz CT molecular complexity index is 581. The molecule has 0 fully saturated rings. The van der Waals surface area contributed by atoms with Crippen molar-refractivity contribution in [2.45, 2.75) is 38.8 Å². The van der Waals surface area contributed by atoms with E-state index in [0.717, 1.165) is 11.0 Å². The summed E-state index contributed by atoms with van der Waals surface area (Å²) in [6.07, 6.45) is 0. The van der Waals surface area contributed by atoms with Crippen molar-refractivity contribution in [2.75, 3.05) is 6.54 Å². The molecule has 1 aromatic carbocycles. The molecular weight excluding hydrogens is 262 g/mol. The molecule has 4 heteroatoms. The van der Waals surface area contributed by atoms with Crippen molar-refractivity contribution in [1.82, 2.24) is 5.32 Å². The van der Waals surface area contributed by atoms with E-state index in [1.807, 2.05) is 18.2 Å². The maximum absolute atomic E-state index is 10.5. The Morgan fingerprint density at radius 3 is 2.53 bits per heavy atom. The summed E-state index contributed by atoms with van der Waals surface area (Å²) in [6.45, 7) is 8.33.